The van der Waals surface area contributed by atoms with Crippen molar-refractivity contribution >= 4 is 38.0 Å². The second-order valence-electron chi connectivity index (χ2n) is 4.73. The zero-order chi connectivity index (χ0) is 15.6. The molecule has 3 N–H and O–H groups in total. The van der Waals surface area contributed by atoms with Crippen LogP contribution in [0.15, 0.2) is 17.5 Å². The van der Waals surface area contributed by atoms with Crippen molar-refractivity contribution in [3.05, 3.63) is 22.4 Å². The Morgan fingerprint density at radius 2 is 2.14 bits per heavy atom. The number of thiophene rings is 1. The molecule has 6 nitrogen and oxygen atoms in total. The smallest absolute Gasteiger partial charge is 0.303 e. The number of rotatable bonds is 6. The molecule has 0 bridgehead atoms. The van der Waals surface area contributed by atoms with Crippen molar-refractivity contribution in [2.24, 2.45) is 5.73 Å². The Bertz CT molecular complexity index is 706. The first-order valence-corrected chi connectivity index (χ1v) is 9.47. The molecule has 0 unspecified atom stereocenters. The van der Waals surface area contributed by atoms with Crippen LogP contribution in [0.5, 0.6) is 0 Å². The monoisotopic (exact) mass is 346 g/mol. The number of anilines is 1. The Morgan fingerprint density at radius 1 is 1.43 bits per heavy atom. The average molecular weight is 347 g/mol. The van der Waals surface area contributed by atoms with Crippen LogP contribution in [0, 0.1) is 0 Å². The van der Waals surface area contributed by atoms with Gasteiger partial charge < -0.3 is 5.73 Å². The highest BCUT2D eigenvalue weighted by atomic mass is 32.2. The van der Waals surface area contributed by atoms with E-state index in [0.717, 1.165) is 15.4 Å². The molecule has 116 valence electrons. The van der Waals surface area contributed by atoms with Gasteiger partial charge in [0.25, 0.3) is 0 Å². The van der Waals surface area contributed by atoms with Crippen molar-refractivity contribution < 1.29 is 8.42 Å². The molecular weight excluding hydrogens is 328 g/mol. The van der Waals surface area contributed by atoms with Gasteiger partial charge in [0.2, 0.25) is 0 Å². The summed E-state index contributed by atoms with van der Waals surface area (Å²) in [6.07, 6.45) is 0. The summed E-state index contributed by atoms with van der Waals surface area (Å²) in [6.45, 7) is 4.12. The van der Waals surface area contributed by atoms with Crippen molar-refractivity contribution in [2.45, 2.75) is 26.4 Å². The Morgan fingerprint density at radius 3 is 2.71 bits per heavy atom. The summed E-state index contributed by atoms with van der Waals surface area (Å²) < 4.78 is 28.0. The number of aromatic nitrogens is 1. The maximum Gasteiger partial charge on any atom is 0.303 e. The molecule has 0 saturated heterocycles. The molecule has 0 aromatic carbocycles. The second-order valence-corrected chi connectivity index (χ2v) is 8.48. The van der Waals surface area contributed by atoms with Crippen LogP contribution in [0.25, 0.3) is 10.6 Å². The van der Waals surface area contributed by atoms with Gasteiger partial charge in [0.1, 0.15) is 0 Å². The lowest BCUT2D eigenvalue weighted by Gasteiger charge is -2.20. The highest BCUT2D eigenvalue weighted by molar-refractivity contribution is 7.90. The molecule has 2 aromatic heterocycles. The summed E-state index contributed by atoms with van der Waals surface area (Å²) in [7, 11) is -2.03. The highest BCUT2D eigenvalue weighted by Gasteiger charge is 2.21. The number of nitrogens with two attached hydrogens (primary N) is 1. The quantitative estimate of drug-likeness (QED) is 0.840. The van der Waals surface area contributed by atoms with Gasteiger partial charge in [0, 0.05) is 29.9 Å². The fourth-order valence-corrected chi connectivity index (χ4v) is 4.47. The fraction of sp³-hybridized carbons (Fsp3) is 0.417. The summed E-state index contributed by atoms with van der Waals surface area (Å²) in [4.78, 5) is 6.38. The number of nitrogens with one attached hydrogen (secondary N) is 1. The minimum atomic E-state index is -3.57. The van der Waals surface area contributed by atoms with E-state index in [1.807, 2.05) is 31.4 Å². The van der Waals surface area contributed by atoms with Crippen LogP contribution in [-0.4, -0.2) is 30.8 Å². The standard InChI is InChI=1S/C12H18N4O2S3/c1-8(2)16(3)21(17,18)15-12-14-10(7-19-12)11-5-4-9(6-13)20-11/h4-5,7-8H,6,13H2,1-3H3,(H,14,15). The van der Waals surface area contributed by atoms with Gasteiger partial charge in [-0.15, -0.1) is 22.7 Å². The van der Waals surface area contributed by atoms with Crippen LogP contribution in [0.1, 0.15) is 18.7 Å². The van der Waals surface area contributed by atoms with E-state index in [0.29, 0.717) is 11.7 Å². The zero-order valence-electron chi connectivity index (χ0n) is 12.0. The third kappa shape index (κ3) is 3.80. The maximum atomic E-state index is 12.1. The van der Waals surface area contributed by atoms with Crippen LogP contribution in [-0.2, 0) is 16.8 Å². The van der Waals surface area contributed by atoms with Crippen molar-refractivity contribution in [2.75, 3.05) is 11.8 Å². The van der Waals surface area contributed by atoms with E-state index in [4.69, 9.17) is 5.73 Å². The molecular formula is C12H18N4O2S3. The third-order valence-electron chi connectivity index (χ3n) is 2.94. The molecule has 0 saturated carbocycles. The molecule has 0 aliphatic carbocycles. The predicted octanol–water partition coefficient (Wildman–Crippen LogP) is 2.33. The summed E-state index contributed by atoms with van der Waals surface area (Å²) in [5, 5.41) is 2.19. The first kappa shape index (κ1) is 16.4. The summed E-state index contributed by atoms with van der Waals surface area (Å²) in [5.74, 6) is 0. The van der Waals surface area contributed by atoms with Crippen LogP contribution in [0.4, 0.5) is 5.13 Å². The van der Waals surface area contributed by atoms with Gasteiger partial charge in [0.15, 0.2) is 5.13 Å². The molecule has 0 aliphatic rings. The first-order valence-electron chi connectivity index (χ1n) is 6.34. The van der Waals surface area contributed by atoms with Gasteiger partial charge >= 0.3 is 10.2 Å². The van der Waals surface area contributed by atoms with Gasteiger partial charge in [-0.25, -0.2) is 9.71 Å². The van der Waals surface area contributed by atoms with Gasteiger partial charge in [-0.3, -0.25) is 0 Å². The van der Waals surface area contributed by atoms with E-state index in [1.54, 1.807) is 11.3 Å². The lowest BCUT2D eigenvalue weighted by Crippen LogP contribution is -2.37. The van der Waals surface area contributed by atoms with E-state index in [1.165, 1.54) is 22.7 Å². The Kier molecular flexibility index (Phi) is 4.99. The van der Waals surface area contributed by atoms with Gasteiger partial charge in [-0.05, 0) is 26.0 Å². The molecule has 0 atom stereocenters. The maximum absolute atomic E-state index is 12.1. The molecule has 0 spiro atoms. The van der Waals surface area contributed by atoms with Crippen LogP contribution < -0.4 is 10.5 Å². The molecule has 2 heterocycles. The van der Waals surface area contributed by atoms with Crippen molar-refractivity contribution in [3.63, 3.8) is 0 Å². The normalized spacial score (nSPS) is 12.3. The van der Waals surface area contributed by atoms with E-state index in [-0.39, 0.29) is 6.04 Å². The molecule has 21 heavy (non-hydrogen) atoms. The molecule has 2 aromatic rings. The lowest BCUT2D eigenvalue weighted by molar-refractivity contribution is 0.414. The predicted molar refractivity (Wildman–Crippen MR) is 88.8 cm³/mol. The molecule has 0 radical (unpaired) electrons. The van der Waals surface area contributed by atoms with Gasteiger partial charge in [-0.2, -0.15) is 12.7 Å². The molecule has 0 aliphatic heterocycles. The Labute approximate surface area is 132 Å². The van der Waals surface area contributed by atoms with Crippen LogP contribution >= 0.6 is 22.7 Å². The molecule has 0 fully saturated rings. The van der Waals surface area contributed by atoms with Crippen molar-refractivity contribution in [1.82, 2.24) is 9.29 Å². The zero-order valence-corrected chi connectivity index (χ0v) is 14.5. The van der Waals surface area contributed by atoms with E-state index >= 15 is 0 Å². The van der Waals surface area contributed by atoms with E-state index in [2.05, 4.69) is 9.71 Å². The van der Waals surface area contributed by atoms with Gasteiger partial charge in [-0.1, -0.05) is 0 Å². The van der Waals surface area contributed by atoms with Crippen LogP contribution in [0.3, 0.4) is 0 Å². The second kappa shape index (κ2) is 6.41. The van der Waals surface area contributed by atoms with Crippen LogP contribution in [0.2, 0.25) is 0 Å². The average Bonchev–Trinajstić information content (AvgIpc) is 3.05. The minimum absolute atomic E-state index is 0.119. The number of thiazole rings is 1. The largest absolute Gasteiger partial charge is 0.326 e. The molecule has 2 rings (SSSR count). The molecule has 0 amide bonds. The molecule has 9 heteroatoms. The lowest BCUT2D eigenvalue weighted by atomic mass is 10.4. The van der Waals surface area contributed by atoms with E-state index in [9.17, 15) is 8.42 Å². The number of hydrogen-bond acceptors (Lipinski definition) is 6. The minimum Gasteiger partial charge on any atom is -0.326 e. The Balaban J connectivity index is 2.17. The highest BCUT2D eigenvalue weighted by Crippen LogP contribution is 2.31. The van der Waals surface area contributed by atoms with Crippen molar-refractivity contribution in [1.29, 1.82) is 0 Å². The number of nitrogens with zero attached hydrogens (tertiary/aromatic N) is 2. The number of hydrogen-bond donors (Lipinski definition) is 2. The third-order valence-corrected chi connectivity index (χ3v) is 6.59. The Hall–Kier alpha value is -1.00. The summed E-state index contributed by atoms with van der Waals surface area (Å²) in [6, 6.07) is 3.78. The fourth-order valence-electron chi connectivity index (χ4n) is 1.52. The SMILES string of the molecule is CC(C)N(C)S(=O)(=O)Nc1nc(-c2ccc(CN)s2)cs1. The van der Waals surface area contributed by atoms with E-state index < -0.39 is 10.2 Å². The first-order chi connectivity index (χ1) is 9.83. The topological polar surface area (TPSA) is 88.3 Å². The van der Waals surface area contributed by atoms with Gasteiger partial charge in [0.05, 0.1) is 10.6 Å². The summed E-state index contributed by atoms with van der Waals surface area (Å²) >= 11 is 2.82. The van der Waals surface area contributed by atoms with Crippen molar-refractivity contribution in [3.8, 4) is 10.6 Å². The summed E-state index contributed by atoms with van der Waals surface area (Å²) in [5.41, 5.74) is 6.35.